The lowest BCUT2D eigenvalue weighted by molar-refractivity contribution is -0.137. The van der Waals surface area contributed by atoms with Crippen molar-refractivity contribution in [2.45, 2.75) is 58.5 Å². The molecule has 0 spiro atoms. The number of aromatic nitrogens is 6. The van der Waals surface area contributed by atoms with Gasteiger partial charge in [-0.3, -0.25) is 19.1 Å². The van der Waals surface area contributed by atoms with Crippen molar-refractivity contribution < 1.29 is 42.1 Å². The fraction of sp³-hybridized carbons (Fsp3) is 0.385. The van der Waals surface area contributed by atoms with Gasteiger partial charge < -0.3 is 34.6 Å². The lowest BCUT2D eigenvalue weighted by Crippen LogP contribution is -2.51. The lowest BCUT2D eigenvalue weighted by Gasteiger charge is -2.37. The van der Waals surface area contributed by atoms with Crippen molar-refractivity contribution in [2.75, 3.05) is 49.6 Å². The molecule has 2 aliphatic heterocycles. The third kappa shape index (κ3) is 8.67. The molecule has 1 saturated heterocycles. The van der Waals surface area contributed by atoms with Crippen molar-refractivity contribution in [2.24, 2.45) is 0 Å². The number of carbonyl (C=O) groups excluding carboxylic acids is 2. The summed E-state index contributed by atoms with van der Waals surface area (Å²) >= 11 is 6.13. The van der Waals surface area contributed by atoms with Crippen LogP contribution in [0.25, 0.3) is 22.6 Å². The minimum atomic E-state index is -4.64. The number of hydrogen-bond acceptors (Lipinski definition) is 10. The van der Waals surface area contributed by atoms with Gasteiger partial charge in [-0.2, -0.15) is 27.8 Å². The van der Waals surface area contributed by atoms with E-state index >= 15 is 4.39 Å². The third-order valence-corrected chi connectivity index (χ3v) is 10.3. The molecule has 15 nitrogen and oxygen atoms in total. The number of anilines is 2. The van der Waals surface area contributed by atoms with Gasteiger partial charge in [-0.1, -0.05) is 24.6 Å². The Morgan fingerprint density at radius 3 is 2.44 bits per heavy atom. The zero-order chi connectivity index (χ0) is 42.4. The summed E-state index contributed by atoms with van der Waals surface area (Å²) in [5.41, 5.74) is -0.983. The number of hydrogen-bond donors (Lipinski definition) is 3. The Hall–Kier alpha value is -5.79. The summed E-state index contributed by atoms with van der Waals surface area (Å²) in [5.74, 6) is -2.83. The molecule has 0 saturated carbocycles. The van der Waals surface area contributed by atoms with E-state index in [0.29, 0.717) is 37.1 Å². The Morgan fingerprint density at radius 1 is 1.05 bits per heavy atom. The first-order valence-corrected chi connectivity index (χ1v) is 19.1. The van der Waals surface area contributed by atoms with Crippen LogP contribution < -0.4 is 15.8 Å². The molecule has 59 heavy (non-hydrogen) atoms. The quantitative estimate of drug-likeness (QED) is 0.163. The van der Waals surface area contributed by atoms with Gasteiger partial charge in [-0.25, -0.2) is 4.39 Å². The van der Waals surface area contributed by atoms with E-state index in [1.807, 2.05) is 0 Å². The largest absolute Gasteiger partial charge is 0.504 e. The van der Waals surface area contributed by atoms with Gasteiger partial charge >= 0.3 is 6.18 Å². The van der Waals surface area contributed by atoms with E-state index in [9.17, 15) is 37.8 Å². The number of piperazine rings is 1. The molecule has 2 aromatic carbocycles. The predicted molar refractivity (Wildman–Crippen MR) is 209 cm³/mol. The third-order valence-electron chi connectivity index (χ3n) is 9.95. The Labute approximate surface area is 339 Å². The van der Waals surface area contributed by atoms with E-state index < -0.39 is 52.8 Å². The molecular weight excluding hydrogens is 802 g/mol. The topological polar surface area (TPSA) is 172 Å². The van der Waals surface area contributed by atoms with Crippen molar-refractivity contribution in [1.29, 1.82) is 0 Å². The molecular formula is C39H40ClF4N9O6. The molecule has 5 heterocycles. The number of aromatic hydroxyl groups is 1. The van der Waals surface area contributed by atoms with Crippen LogP contribution in [0, 0.1) is 5.82 Å². The SMILES string of the molecule is CCc1c(N2CCN(C(=O)c3cc(-c4ccn(CC(C)(C)O)n4)cc(F)c3O)CC2)c(=O)n2nc(C3=CCOCC3)nc2n1CC(=O)Nc1ccc(C(F)(F)F)cc1Cl. The second kappa shape index (κ2) is 16.1. The Balaban J connectivity index is 1.18. The van der Waals surface area contributed by atoms with Gasteiger partial charge in [0.2, 0.25) is 11.7 Å². The fourth-order valence-electron chi connectivity index (χ4n) is 7.14. The standard InChI is InChI=1S/C39H40ClF4N9O6/c1-4-30-32(49-11-13-50(14-12-49)35(56)25-17-23(18-27(41)33(25)55)28-7-10-51(47-28)21-38(2,3)58)36(57)53-37(46-34(48-53)22-8-15-59-16-9-22)52(30)20-31(54)45-29-6-5-24(19-26(29)40)39(42,43)44/h5-8,10,17-19,55,58H,4,9,11-16,20-21H2,1-3H3,(H,45,54). The van der Waals surface area contributed by atoms with Gasteiger partial charge in [0, 0.05) is 37.9 Å². The molecule has 2 aliphatic rings. The molecule has 0 bridgehead atoms. The number of carbonyl (C=O) groups is 2. The summed E-state index contributed by atoms with van der Waals surface area (Å²) in [6.45, 7) is 5.87. The molecule has 20 heteroatoms. The van der Waals surface area contributed by atoms with Crippen LogP contribution in [0.15, 0.2) is 53.5 Å². The highest BCUT2D eigenvalue weighted by atomic mass is 35.5. The Kier molecular flexibility index (Phi) is 11.3. The van der Waals surface area contributed by atoms with E-state index in [2.05, 4.69) is 20.5 Å². The van der Waals surface area contributed by atoms with Crippen LogP contribution in [0.4, 0.5) is 28.9 Å². The monoisotopic (exact) mass is 841 g/mol. The van der Waals surface area contributed by atoms with Gasteiger partial charge in [0.25, 0.3) is 11.5 Å². The molecule has 7 rings (SSSR count). The van der Waals surface area contributed by atoms with Crippen LogP contribution in [0.2, 0.25) is 5.02 Å². The summed E-state index contributed by atoms with van der Waals surface area (Å²) in [4.78, 5) is 49.6. The second-order valence-corrected chi connectivity index (χ2v) is 15.2. The lowest BCUT2D eigenvalue weighted by atomic mass is 10.0. The number of amides is 2. The molecule has 2 amide bonds. The number of alkyl halides is 3. The summed E-state index contributed by atoms with van der Waals surface area (Å²) in [6.07, 6.45) is -0.514. The average Bonchev–Trinajstić information content (AvgIpc) is 3.85. The van der Waals surface area contributed by atoms with Gasteiger partial charge in [0.1, 0.15) is 12.2 Å². The van der Waals surface area contributed by atoms with Crippen LogP contribution >= 0.6 is 11.6 Å². The van der Waals surface area contributed by atoms with E-state index in [1.54, 1.807) is 44.0 Å². The first-order valence-electron chi connectivity index (χ1n) is 18.7. The Morgan fingerprint density at radius 2 is 1.80 bits per heavy atom. The maximum atomic E-state index is 15.1. The average molecular weight is 842 g/mol. The first kappa shape index (κ1) is 41.4. The molecule has 0 atom stereocenters. The van der Waals surface area contributed by atoms with Crippen LogP contribution in [-0.2, 0) is 35.2 Å². The normalized spacial score (nSPS) is 15.2. The summed E-state index contributed by atoms with van der Waals surface area (Å²) < 4.78 is 64.4. The smallest absolute Gasteiger partial charge is 0.416 e. The molecule has 3 N–H and O–H groups in total. The fourth-order valence-corrected chi connectivity index (χ4v) is 7.36. The van der Waals surface area contributed by atoms with E-state index in [0.717, 1.165) is 28.3 Å². The molecule has 5 aromatic rings. The van der Waals surface area contributed by atoms with Crippen molar-refractivity contribution in [3.8, 4) is 17.0 Å². The number of phenols is 1. The highest BCUT2D eigenvalue weighted by Gasteiger charge is 2.33. The molecule has 312 valence electrons. The summed E-state index contributed by atoms with van der Waals surface area (Å²) in [7, 11) is 0. The minimum Gasteiger partial charge on any atom is -0.504 e. The molecule has 0 unspecified atom stereocenters. The molecule has 3 aromatic heterocycles. The highest BCUT2D eigenvalue weighted by Crippen LogP contribution is 2.34. The maximum absolute atomic E-state index is 15.1. The number of nitrogens with one attached hydrogen (secondary N) is 1. The van der Waals surface area contributed by atoms with Crippen LogP contribution in [-0.4, -0.2) is 101 Å². The molecule has 0 radical (unpaired) electrons. The second-order valence-electron chi connectivity index (χ2n) is 14.8. The number of rotatable bonds is 10. The molecule has 0 aliphatic carbocycles. The van der Waals surface area contributed by atoms with E-state index in [-0.39, 0.29) is 78.3 Å². The number of aliphatic hydroxyl groups is 1. The van der Waals surface area contributed by atoms with Gasteiger partial charge in [0.15, 0.2) is 17.4 Å². The first-order chi connectivity index (χ1) is 27.9. The molecule has 1 fully saturated rings. The van der Waals surface area contributed by atoms with Crippen molar-refractivity contribution >= 4 is 46.1 Å². The van der Waals surface area contributed by atoms with Crippen LogP contribution in [0.1, 0.15) is 54.6 Å². The van der Waals surface area contributed by atoms with Crippen LogP contribution in [0.3, 0.4) is 0 Å². The number of halogens is 5. The van der Waals surface area contributed by atoms with Gasteiger partial charge in [0.05, 0.1) is 58.6 Å². The zero-order valence-electron chi connectivity index (χ0n) is 32.2. The number of nitrogens with zero attached hydrogens (tertiary/aromatic N) is 8. The number of fused-ring (bicyclic) bond motifs is 1. The number of ether oxygens (including phenoxy) is 1. The predicted octanol–water partition coefficient (Wildman–Crippen LogP) is 5.01. The van der Waals surface area contributed by atoms with Crippen molar-refractivity contribution in [3.05, 3.63) is 92.5 Å². The van der Waals surface area contributed by atoms with E-state index in [1.165, 1.54) is 20.2 Å². The summed E-state index contributed by atoms with van der Waals surface area (Å²) in [5, 5.41) is 32.0. The number of benzene rings is 2. The van der Waals surface area contributed by atoms with Gasteiger partial charge in [-0.15, -0.1) is 5.10 Å². The maximum Gasteiger partial charge on any atom is 0.416 e. The van der Waals surface area contributed by atoms with Crippen molar-refractivity contribution in [3.63, 3.8) is 0 Å². The highest BCUT2D eigenvalue weighted by molar-refractivity contribution is 6.33. The van der Waals surface area contributed by atoms with Crippen molar-refractivity contribution in [1.82, 2.24) is 33.8 Å². The van der Waals surface area contributed by atoms with Crippen LogP contribution in [0.5, 0.6) is 5.75 Å². The van der Waals surface area contributed by atoms with E-state index in [4.69, 9.17) is 16.3 Å². The number of phenolic OH excluding ortho intramolecular Hbond substituents is 1. The summed E-state index contributed by atoms with van der Waals surface area (Å²) in [6, 6.07) is 6.60. The minimum absolute atomic E-state index is 0.0489. The Bertz CT molecular complexity index is 2530. The van der Waals surface area contributed by atoms with Gasteiger partial charge in [-0.05, 0) is 68.7 Å². The zero-order valence-corrected chi connectivity index (χ0v) is 32.9.